The lowest BCUT2D eigenvalue weighted by Crippen LogP contribution is -2.25. The van der Waals surface area contributed by atoms with Crippen molar-refractivity contribution in [3.8, 4) is 33.4 Å². The van der Waals surface area contributed by atoms with E-state index in [2.05, 4.69) is 108 Å². The first-order valence-corrected chi connectivity index (χ1v) is 11.6. The van der Waals surface area contributed by atoms with Crippen LogP contribution in [0.5, 0.6) is 0 Å². The van der Waals surface area contributed by atoms with E-state index in [9.17, 15) is 0 Å². The van der Waals surface area contributed by atoms with Gasteiger partial charge in [0, 0.05) is 0 Å². The monoisotopic (exact) mass is 433 g/mol. The van der Waals surface area contributed by atoms with Gasteiger partial charge in [-0.3, -0.25) is 0 Å². The molecule has 158 valence electrons. The van der Waals surface area contributed by atoms with Crippen molar-refractivity contribution in [2.75, 3.05) is 0 Å². The summed E-state index contributed by atoms with van der Waals surface area (Å²) >= 11 is 0. The van der Waals surface area contributed by atoms with Crippen LogP contribution in [0.25, 0.3) is 44.5 Å². The van der Waals surface area contributed by atoms with E-state index in [4.69, 9.17) is 4.42 Å². The number of hydrogen-bond acceptors (Lipinski definition) is 2. The number of fused-ring (bicyclic) bond motifs is 11. The third kappa shape index (κ3) is 2.04. The second kappa shape index (κ2) is 6.33. The molecule has 0 saturated heterocycles. The quantitative estimate of drug-likeness (QED) is 0.264. The molecule has 2 nitrogen and oxygen atoms in total. The third-order valence-corrected chi connectivity index (χ3v) is 7.66. The summed E-state index contributed by atoms with van der Waals surface area (Å²) in [5, 5.41) is 0. The first-order chi connectivity index (χ1) is 16.9. The van der Waals surface area contributed by atoms with Gasteiger partial charge in [0.25, 0.3) is 0 Å². The highest BCUT2D eigenvalue weighted by Crippen LogP contribution is 2.63. The van der Waals surface area contributed by atoms with E-state index >= 15 is 0 Å². The van der Waals surface area contributed by atoms with Crippen LogP contribution in [0.15, 0.2) is 120 Å². The summed E-state index contributed by atoms with van der Waals surface area (Å²) in [7, 11) is 0. The summed E-state index contributed by atoms with van der Waals surface area (Å²) in [6, 6.07) is 39.8. The lowest BCUT2D eigenvalue weighted by molar-refractivity contribution is 0.602. The predicted octanol–water partition coefficient (Wildman–Crippen LogP) is 7.84. The molecular weight excluding hydrogens is 414 g/mol. The molecular formula is C32H19NO. The fraction of sp³-hybridized carbons (Fsp3) is 0.0312. The molecule has 1 aromatic heterocycles. The molecule has 1 spiro atoms. The minimum absolute atomic E-state index is 0.314. The Kier molecular flexibility index (Phi) is 3.36. The summed E-state index contributed by atoms with van der Waals surface area (Å²) < 4.78 is 5.64. The Hall–Kier alpha value is -4.43. The summed E-state index contributed by atoms with van der Waals surface area (Å²) in [6.45, 7) is 0. The lowest BCUT2D eigenvalue weighted by Gasteiger charge is -2.30. The van der Waals surface area contributed by atoms with E-state index < -0.39 is 0 Å². The molecule has 8 rings (SSSR count). The highest BCUT2D eigenvalue weighted by Gasteiger charge is 2.51. The zero-order chi connectivity index (χ0) is 22.3. The summed E-state index contributed by atoms with van der Waals surface area (Å²) in [4.78, 5) is 4.30. The number of nitrogens with zero attached hydrogens (tertiary/aromatic N) is 1. The smallest absolute Gasteiger partial charge is 0.181 e. The fourth-order valence-electron chi connectivity index (χ4n) is 6.41. The van der Waals surface area contributed by atoms with Crippen LogP contribution in [0.2, 0.25) is 0 Å². The topological polar surface area (TPSA) is 26.0 Å². The van der Waals surface area contributed by atoms with Crippen molar-refractivity contribution in [3.05, 3.63) is 138 Å². The molecule has 2 aliphatic rings. The number of aromatic nitrogens is 1. The molecule has 0 atom stereocenters. The van der Waals surface area contributed by atoms with E-state index in [0.29, 0.717) is 0 Å². The molecule has 34 heavy (non-hydrogen) atoms. The zero-order valence-corrected chi connectivity index (χ0v) is 18.3. The SMILES string of the molecule is c1ccc2c(c1)-c1ccccc1C21c2ccccc2-c2c(-c3ccc4ncoc4c3)cccc21. The lowest BCUT2D eigenvalue weighted by atomic mass is 9.70. The van der Waals surface area contributed by atoms with Crippen LogP contribution in [0.3, 0.4) is 0 Å². The molecule has 0 aliphatic heterocycles. The normalized spacial score (nSPS) is 14.1. The molecule has 2 heteroatoms. The average Bonchev–Trinajstić information content (AvgIpc) is 3.57. The Bertz CT molecular complexity index is 1730. The van der Waals surface area contributed by atoms with Crippen LogP contribution in [0.1, 0.15) is 22.3 Å². The van der Waals surface area contributed by atoms with E-state index in [1.165, 1.54) is 56.5 Å². The first kappa shape index (κ1) is 18.0. The van der Waals surface area contributed by atoms with E-state index in [1.807, 2.05) is 6.07 Å². The van der Waals surface area contributed by atoms with E-state index in [0.717, 1.165) is 16.7 Å². The van der Waals surface area contributed by atoms with Crippen molar-refractivity contribution < 1.29 is 4.42 Å². The van der Waals surface area contributed by atoms with Gasteiger partial charge in [-0.15, -0.1) is 0 Å². The van der Waals surface area contributed by atoms with Crippen molar-refractivity contribution in [1.82, 2.24) is 4.98 Å². The van der Waals surface area contributed by atoms with Crippen molar-refractivity contribution in [1.29, 1.82) is 0 Å². The number of hydrogen-bond donors (Lipinski definition) is 0. The van der Waals surface area contributed by atoms with Crippen LogP contribution in [-0.2, 0) is 5.41 Å². The highest BCUT2D eigenvalue weighted by atomic mass is 16.3. The molecule has 0 fully saturated rings. The predicted molar refractivity (Wildman–Crippen MR) is 136 cm³/mol. The highest BCUT2D eigenvalue weighted by molar-refractivity contribution is 6.00. The van der Waals surface area contributed by atoms with Gasteiger partial charge in [-0.25, -0.2) is 4.98 Å². The van der Waals surface area contributed by atoms with Crippen molar-refractivity contribution in [3.63, 3.8) is 0 Å². The molecule has 0 bridgehead atoms. The van der Waals surface area contributed by atoms with Gasteiger partial charge < -0.3 is 4.42 Å². The van der Waals surface area contributed by atoms with Gasteiger partial charge in [0.2, 0.25) is 0 Å². The molecule has 1 heterocycles. The number of rotatable bonds is 1. The van der Waals surface area contributed by atoms with Gasteiger partial charge in [-0.1, -0.05) is 97.1 Å². The zero-order valence-electron chi connectivity index (χ0n) is 18.3. The van der Waals surface area contributed by atoms with Crippen molar-refractivity contribution in [2.45, 2.75) is 5.41 Å². The Morgan fingerprint density at radius 1 is 0.529 bits per heavy atom. The van der Waals surface area contributed by atoms with Gasteiger partial charge in [0.05, 0.1) is 5.41 Å². The number of benzene rings is 5. The van der Waals surface area contributed by atoms with E-state index in [-0.39, 0.29) is 5.41 Å². The Labute approximate surface area is 197 Å². The fourth-order valence-corrected chi connectivity index (χ4v) is 6.41. The maximum absolute atomic E-state index is 5.64. The second-order valence-corrected chi connectivity index (χ2v) is 9.15. The van der Waals surface area contributed by atoms with Crippen molar-refractivity contribution >= 4 is 11.1 Å². The van der Waals surface area contributed by atoms with Crippen LogP contribution < -0.4 is 0 Å². The Balaban J connectivity index is 1.53. The van der Waals surface area contributed by atoms with Crippen LogP contribution >= 0.6 is 0 Å². The molecule has 0 saturated carbocycles. The van der Waals surface area contributed by atoms with Crippen molar-refractivity contribution in [2.24, 2.45) is 0 Å². The molecule has 0 unspecified atom stereocenters. The summed E-state index contributed by atoms with van der Waals surface area (Å²) in [6.07, 6.45) is 1.51. The van der Waals surface area contributed by atoms with Gasteiger partial charge >= 0.3 is 0 Å². The van der Waals surface area contributed by atoms with Gasteiger partial charge in [-0.05, 0) is 67.8 Å². The van der Waals surface area contributed by atoms with Crippen LogP contribution in [0.4, 0.5) is 0 Å². The largest absolute Gasteiger partial charge is 0.443 e. The average molecular weight is 434 g/mol. The van der Waals surface area contributed by atoms with Crippen LogP contribution in [0, 0.1) is 0 Å². The Morgan fingerprint density at radius 3 is 1.85 bits per heavy atom. The maximum atomic E-state index is 5.64. The molecule has 0 radical (unpaired) electrons. The molecule has 6 aromatic rings. The van der Waals surface area contributed by atoms with Gasteiger partial charge in [0.15, 0.2) is 12.0 Å². The molecule has 0 amide bonds. The summed E-state index contributed by atoms with van der Waals surface area (Å²) in [5.41, 5.74) is 14.5. The Morgan fingerprint density at radius 2 is 1.12 bits per heavy atom. The number of oxazole rings is 1. The van der Waals surface area contributed by atoms with E-state index in [1.54, 1.807) is 0 Å². The molecule has 5 aromatic carbocycles. The minimum Gasteiger partial charge on any atom is -0.443 e. The first-order valence-electron chi connectivity index (χ1n) is 11.6. The third-order valence-electron chi connectivity index (χ3n) is 7.66. The standard InChI is InChI=1S/C32H19NO/c1-4-12-25-22(8-1)23-9-2-5-13-26(23)32(25)27-14-6-3-10-24(27)31-21(11-7-15-28(31)32)20-16-17-29-30(18-20)34-19-33-29/h1-19H. The molecule has 0 N–H and O–H groups in total. The minimum atomic E-state index is -0.314. The maximum Gasteiger partial charge on any atom is 0.181 e. The molecule has 2 aliphatic carbocycles. The van der Waals surface area contributed by atoms with Gasteiger partial charge in [0.1, 0.15) is 5.52 Å². The summed E-state index contributed by atoms with van der Waals surface area (Å²) in [5.74, 6) is 0. The second-order valence-electron chi connectivity index (χ2n) is 9.15. The van der Waals surface area contributed by atoms with Gasteiger partial charge in [-0.2, -0.15) is 0 Å². The van der Waals surface area contributed by atoms with Crippen LogP contribution in [-0.4, -0.2) is 4.98 Å².